The van der Waals surface area contributed by atoms with Gasteiger partial charge < -0.3 is 31.9 Å². The average Bonchev–Trinajstić information content (AvgIpc) is 2.95. The number of nitrogens with two attached hydrogens (primary N) is 2. The number of aromatic hydroxyl groups is 1. The summed E-state index contributed by atoms with van der Waals surface area (Å²) in [5.41, 5.74) is 13.7. The number of ether oxygens (including phenoxy) is 1. The summed E-state index contributed by atoms with van der Waals surface area (Å²) < 4.78 is 4.96. The van der Waals surface area contributed by atoms with E-state index in [1.165, 1.54) is 7.11 Å². The second kappa shape index (κ2) is 11.2. The summed E-state index contributed by atoms with van der Waals surface area (Å²) in [6.07, 6.45) is 0. The average molecular weight is 509 g/mol. The van der Waals surface area contributed by atoms with Gasteiger partial charge in [0.2, 0.25) is 0 Å². The molecule has 0 radical (unpaired) electrons. The molecule has 8 nitrogen and oxygen atoms in total. The monoisotopic (exact) mass is 508 g/mol. The number of carbonyl (C=O) groups is 2. The van der Waals surface area contributed by atoms with Crippen LogP contribution >= 0.6 is 0 Å². The number of benzene rings is 5. The normalized spacial score (nSPS) is 10.4. The molecule has 0 spiro atoms. The van der Waals surface area contributed by atoms with E-state index in [0.717, 1.165) is 21.5 Å². The minimum absolute atomic E-state index is 0.157. The zero-order valence-corrected chi connectivity index (χ0v) is 21.0. The molecule has 8 heteroatoms. The van der Waals surface area contributed by atoms with E-state index in [-0.39, 0.29) is 22.9 Å². The van der Waals surface area contributed by atoms with Gasteiger partial charge in [-0.3, -0.25) is 9.59 Å². The first-order valence-electron chi connectivity index (χ1n) is 11.8. The first-order valence-corrected chi connectivity index (χ1v) is 11.8. The topological polar surface area (TPSA) is 140 Å². The Morgan fingerprint density at radius 3 is 2.13 bits per heavy atom. The maximum Gasteiger partial charge on any atom is 0.259 e. The number of hydrogen-bond donors (Lipinski definition) is 5. The Kier molecular flexibility index (Phi) is 7.63. The van der Waals surface area contributed by atoms with Gasteiger partial charge in [0.1, 0.15) is 5.75 Å². The van der Waals surface area contributed by atoms with Gasteiger partial charge in [-0.25, -0.2) is 0 Å². The van der Waals surface area contributed by atoms with Crippen molar-refractivity contribution in [3.63, 3.8) is 0 Å². The number of hydrogen-bond acceptors (Lipinski definition) is 6. The molecule has 0 aliphatic rings. The fourth-order valence-electron chi connectivity index (χ4n) is 4.08. The first kappa shape index (κ1) is 25.8. The molecule has 38 heavy (non-hydrogen) atoms. The summed E-state index contributed by atoms with van der Waals surface area (Å²) in [7, 11) is 3.11. The molecule has 5 aromatic rings. The van der Waals surface area contributed by atoms with Crippen LogP contribution in [0.2, 0.25) is 0 Å². The van der Waals surface area contributed by atoms with Gasteiger partial charge in [-0.15, -0.1) is 0 Å². The van der Waals surface area contributed by atoms with E-state index in [1.54, 1.807) is 31.3 Å². The maximum absolute atomic E-state index is 12.7. The van der Waals surface area contributed by atoms with Crippen molar-refractivity contribution in [1.29, 1.82) is 0 Å². The second-order valence-corrected chi connectivity index (χ2v) is 8.42. The number of nitrogen functional groups attached to an aromatic ring is 2. The standard InChI is InChI=1S/C21H16N2O2.C9H12N2O2/c22-19-16-10-4-2-7-14(16)12-17(20(19)24)21(25)23-18-11-5-8-13-6-1-3-9-15(13)18;1-11-9(12)6-3-4-8(13-2)7(10)5-6/h1-12,24H,22H2,(H,23,25);3-5H,10H2,1-2H3,(H,11,12). The SMILES string of the molecule is CNC(=O)c1ccc(OC)c(N)c1.Nc1c(O)c(C(=O)Nc2cccc3ccccc23)cc2ccccc12. The van der Waals surface area contributed by atoms with Crippen LogP contribution in [0.3, 0.4) is 0 Å². The van der Waals surface area contributed by atoms with Gasteiger partial charge >= 0.3 is 0 Å². The molecule has 5 aromatic carbocycles. The Bertz CT molecular complexity index is 1640. The third kappa shape index (κ3) is 5.29. The number of rotatable bonds is 4. The predicted octanol–water partition coefficient (Wildman–Crippen LogP) is 5.17. The molecular formula is C30H28N4O4. The van der Waals surface area contributed by atoms with E-state index < -0.39 is 5.91 Å². The highest BCUT2D eigenvalue weighted by Gasteiger charge is 2.17. The number of fused-ring (bicyclic) bond motifs is 2. The van der Waals surface area contributed by atoms with Gasteiger partial charge in [0.25, 0.3) is 11.8 Å². The number of carbonyl (C=O) groups excluding carboxylic acids is 2. The zero-order valence-electron chi connectivity index (χ0n) is 21.0. The zero-order chi connectivity index (χ0) is 27.2. The van der Waals surface area contributed by atoms with Crippen molar-refractivity contribution in [3.05, 3.63) is 102 Å². The quantitative estimate of drug-likeness (QED) is 0.168. The number of phenols is 1. The van der Waals surface area contributed by atoms with Gasteiger partial charge in [-0.1, -0.05) is 60.7 Å². The van der Waals surface area contributed by atoms with E-state index in [4.69, 9.17) is 16.2 Å². The molecule has 0 bridgehead atoms. The van der Waals surface area contributed by atoms with Crippen molar-refractivity contribution in [2.75, 3.05) is 30.9 Å². The van der Waals surface area contributed by atoms with Gasteiger partial charge in [0.15, 0.2) is 5.75 Å². The van der Waals surface area contributed by atoms with Crippen molar-refractivity contribution >= 4 is 50.4 Å². The van der Waals surface area contributed by atoms with Gasteiger partial charge in [-0.2, -0.15) is 0 Å². The Hall–Kier alpha value is -5.24. The number of nitrogens with one attached hydrogen (secondary N) is 2. The highest BCUT2D eigenvalue weighted by Crippen LogP contribution is 2.34. The van der Waals surface area contributed by atoms with Crippen molar-refractivity contribution in [1.82, 2.24) is 5.32 Å². The number of amides is 2. The fourth-order valence-corrected chi connectivity index (χ4v) is 4.08. The molecule has 0 aromatic heterocycles. The van der Waals surface area contributed by atoms with Crippen LogP contribution in [-0.2, 0) is 0 Å². The fraction of sp³-hybridized carbons (Fsp3) is 0.0667. The summed E-state index contributed by atoms with van der Waals surface area (Å²) in [6.45, 7) is 0. The van der Waals surface area contributed by atoms with Gasteiger partial charge in [-0.05, 0) is 41.1 Å². The molecule has 0 saturated heterocycles. The Morgan fingerprint density at radius 1 is 0.789 bits per heavy atom. The largest absolute Gasteiger partial charge is 0.505 e. The van der Waals surface area contributed by atoms with E-state index in [0.29, 0.717) is 22.7 Å². The van der Waals surface area contributed by atoms with E-state index in [9.17, 15) is 14.7 Å². The van der Waals surface area contributed by atoms with Crippen LogP contribution in [0.15, 0.2) is 91.0 Å². The van der Waals surface area contributed by atoms with Crippen LogP contribution in [0.4, 0.5) is 17.1 Å². The molecule has 0 atom stereocenters. The number of methoxy groups -OCH3 is 1. The lowest BCUT2D eigenvalue weighted by atomic mass is 10.0. The second-order valence-electron chi connectivity index (χ2n) is 8.42. The Labute approximate surface area is 219 Å². The smallest absolute Gasteiger partial charge is 0.259 e. The lowest BCUT2D eigenvalue weighted by molar-refractivity contribution is 0.0962. The minimum atomic E-state index is -0.397. The van der Waals surface area contributed by atoms with Crippen molar-refractivity contribution < 1.29 is 19.4 Å². The molecule has 0 fully saturated rings. The molecule has 5 rings (SSSR count). The van der Waals surface area contributed by atoms with Gasteiger partial charge in [0.05, 0.1) is 24.0 Å². The molecule has 0 heterocycles. The highest BCUT2D eigenvalue weighted by molar-refractivity contribution is 6.14. The summed E-state index contributed by atoms with van der Waals surface area (Å²) >= 11 is 0. The van der Waals surface area contributed by atoms with Crippen LogP contribution in [0.1, 0.15) is 20.7 Å². The third-order valence-electron chi connectivity index (χ3n) is 6.06. The molecule has 0 saturated carbocycles. The van der Waals surface area contributed by atoms with E-state index in [1.807, 2.05) is 66.7 Å². The molecule has 0 aliphatic heterocycles. The maximum atomic E-state index is 12.7. The molecule has 2 amide bonds. The summed E-state index contributed by atoms with van der Waals surface area (Å²) in [5, 5.41) is 19.3. The molecule has 7 N–H and O–H groups in total. The summed E-state index contributed by atoms with van der Waals surface area (Å²) in [5.74, 6) is -0.176. The van der Waals surface area contributed by atoms with E-state index >= 15 is 0 Å². The lowest BCUT2D eigenvalue weighted by Gasteiger charge is -2.12. The predicted molar refractivity (Wildman–Crippen MR) is 153 cm³/mol. The van der Waals surface area contributed by atoms with Crippen LogP contribution in [-0.4, -0.2) is 31.1 Å². The van der Waals surface area contributed by atoms with Gasteiger partial charge in [0, 0.05) is 29.1 Å². The minimum Gasteiger partial charge on any atom is -0.505 e. The first-order chi connectivity index (χ1) is 18.3. The molecule has 192 valence electrons. The summed E-state index contributed by atoms with van der Waals surface area (Å²) in [4.78, 5) is 23.9. The van der Waals surface area contributed by atoms with Crippen molar-refractivity contribution in [2.24, 2.45) is 0 Å². The van der Waals surface area contributed by atoms with Crippen molar-refractivity contribution in [3.8, 4) is 11.5 Å². The molecular weight excluding hydrogens is 480 g/mol. The third-order valence-corrected chi connectivity index (χ3v) is 6.06. The van der Waals surface area contributed by atoms with E-state index in [2.05, 4.69) is 10.6 Å². The van der Waals surface area contributed by atoms with Crippen molar-refractivity contribution in [2.45, 2.75) is 0 Å². The van der Waals surface area contributed by atoms with Crippen LogP contribution < -0.4 is 26.8 Å². The molecule has 0 aliphatic carbocycles. The number of anilines is 3. The lowest BCUT2D eigenvalue weighted by Crippen LogP contribution is -2.17. The highest BCUT2D eigenvalue weighted by atomic mass is 16.5. The van der Waals surface area contributed by atoms with Crippen LogP contribution in [0, 0.1) is 0 Å². The number of phenolic OH excluding ortho intramolecular Hbond substituents is 1. The summed E-state index contributed by atoms with van der Waals surface area (Å²) in [6, 6.07) is 27.4. The Morgan fingerprint density at radius 2 is 1.45 bits per heavy atom. The van der Waals surface area contributed by atoms with Crippen LogP contribution in [0.5, 0.6) is 11.5 Å². The molecule has 0 unspecified atom stereocenters. The van der Waals surface area contributed by atoms with Crippen LogP contribution in [0.25, 0.3) is 21.5 Å². The Balaban J connectivity index is 0.000000219.